The number of benzene rings is 3. The Morgan fingerprint density at radius 1 is 1.04 bits per heavy atom. The van der Waals surface area contributed by atoms with Gasteiger partial charge >= 0.3 is 5.97 Å². The predicted octanol–water partition coefficient (Wildman–Crippen LogP) is 8.70. The van der Waals surface area contributed by atoms with Crippen LogP contribution in [0.1, 0.15) is 43.3 Å². The Morgan fingerprint density at radius 3 is 2.66 bits per heavy atom. The normalized spacial score (nSPS) is 14.3. The minimum absolute atomic E-state index is 0.336. The van der Waals surface area contributed by atoms with E-state index in [1.54, 1.807) is 12.4 Å². The molecule has 1 unspecified atom stereocenters. The second-order valence-corrected chi connectivity index (χ2v) is 14.6. The van der Waals surface area contributed by atoms with Crippen molar-refractivity contribution >= 4 is 45.8 Å². The van der Waals surface area contributed by atoms with Gasteiger partial charge in [0.25, 0.3) is 0 Å². The van der Waals surface area contributed by atoms with E-state index in [1.165, 1.54) is 21.5 Å². The summed E-state index contributed by atoms with van der Waals surface area (Å²) in [6.45, 7) is 6.97. The third-order valence-corrected chi connectivity index (χ3v) is 9.85. The Morgan fingerprint density at radius 2 is 1.86 bits per heavy atom. The van der Waals surface area contributed by atoms with E-state index in [0.717, 1.165) is 45.6 Å². The van der Waals surface area contributed by atoms with E-state index >= 15 is 0 Å². The number of carboxylic acids is 1. The molecule has 254 valence electrons. The quantitative estimate of drug-likeness (QED) is 0.0950. The van der Waals surface area contributed by atoms with Gasteiger partial charge in [0.2, 0.25) is 12.5 Å². The number of para-hydroxylation sites is 1. The van der Waals surface area contributed by atoms with Crippen molar-refractivity contribution in [3.63, 3.8) is 0 Å². The number of hydrogen-bond donors (Lipinski definition) is 1. The zero-order chi connectivity index (χ0) is 34.7. The van der Waals surface area contributed by atoms with Crippen molar-refractivity contribution in [3.05, 3.63) is 120 Å². The molecule has 0 aliphatic carbocycles. The van der Waals surface area contributed by atoms with Gasteiger partial charge < -0.3 is 24.0 Å². The van der Waals surface area contributed by atoms with Crippen LogP contribution in [0.3, 0.4) is 0 Å². The highest BCUT2D eigenvalue weighted by Gasteiger charge is 2.31. The zero-order valence-corrected chi connectivity index (χ0v) is 29.0. The molecule has 0 bridgehead atoms. The van der Waals surface area contributed by atoms with E-state index < -0.39 is 18.0 Å². The number of pyridine rings is 2. The molecule has 1 atom stereocenters. The summed E-state index contributed by atoms with van der Waals surface area (Å²) in [6.07, 6.45) is 4.96. The summed E-state index contributed by atoms with van der Waals surface area (Å²) in [5, 5.41) is 15.7. The number of aliphatic carboxylic acids is 1. The lowest BCUT2D eigenvalue weighted by Crippen LogP contribution is -2.21. The molecule has 7 rings (SSSR count). The number of ether oxygens (including phenoxy) is 2. The Bertz CT molecular complexity index is 2180. The average Bonchev–Trinajstić information content (AvgIpc) is 3.38. The van der Waals surface area contributed by atoms with Gasteiger partial charge in [-0.3, -0.25) is 0 Å². The largest absolute Gasteiger partial charge is 0.487 e. The molecule has 0 spiro atoms. The lowest BCUT2D eigenvalue weighted by Gasteiger charge is -2.24. The van der Waals surface area contributed by atoms with Crippen LogP contribution < -0.4 is 9.47 Å². The number of thioether (sulfide) groups is 1. The van der Waals surface area contributed by atoms with Gasteiger partial charge in [0.05, 0.1) is 16.7 Å². The fraction of sp³-hybridized carbons (Fsp3) is 0.250. The summed E-state index contributed by atoms with van der Waals surface area (Å²) in [4.78, 5) is 26.3. The Balaban J connectivity index is 1.24. The Labute approximate surface area is 294 Å². The molecule has 3 aromatic carbocycles. The van der Waals surface area contributed by atoms with Crippen LogP contribution in [-0.2, 0) is 35.6 Å². The second kappa shape index (κ2) is 14.2. The van der Waals surface area contributed by atoms with Gasteiger partial charge in [-0.1, -0.05) is 68.4 Å². The van der Waals surface area contributed by atoms with Crippen LogP contribution in [0.25, 0.3) is 21.8 Å². The number of carbonyl (C=O) groups is 1. The van der Waals surface area contributed by atoms with Crippen molar-refractivity contribution in [1.82, 2.24) is 14.5 Å². The second-order valence-electron chi connectivity index (χ2n) is 13.2. The van der Waals surface area contributed by atoms with Gasteiger partial charge in [-0.25, -0.2) is 14.8 Å². The van der Waals surface area contributed by atoms with Crippen molar-refractivity contribution in [3.8, 4) is 17.4 Å². The number of hydrogen-bond acceptors (Lipinski definition) is 8. The molecule has 10 heteroatoms. The van der Waals surface area contributed by atoms with Crippen LogP contribution in [-0.4, -0.2) is 43.7 Å². The third-order valence-electron chi connectivity index (χ3n) is 8.61. The first kappa shape index (κ1) is 33.2. The standard InChI is InChI=1S/C40H38N4O5S/c1-26-20-31-35(47-23-29-14-13-28-8-4-5-9-32(28)43-29)18-17-33-38(31)39(50-26)34(21-40(2,3)25-42-48-24-37(45)46)44(33)22-27-11-15-30(16-12-27)49-36-10-6-7-19-41-36/h4-19,25-26H,20-24H2,1-3H3,(H,45,46). The predicted molar refractivity (Wildman–Crippen MR) is 196 cm³/mol. The smallest absolute Gasteiger partial charge is 0.344 e. The average molecular weight is 687 g/mol. The molecule has 1 aliphatic heterocycles. The van der Waals surface area contributed by atoms with Crippen molar-refractivity contribution in [2.45, 2.75) is 56.9 Å². The maximum absolute atomic E-state index is 11.0. The van der Waals surface area contributed by atoms with Crippen molar-refractivity contribution in [1.29, 1.82) is 0 Å². The van der Waals surface area contributed by atoms with Crippen LogP contribution in [0.5, 0.6) is 17.4 Å². The Kier molecular flexibility index (Phi) is 9.45. The van der Waals surface area contributed by atoms with Gasteiger partial charge in [-0.2, -0.15) is 0 Å². The Hall–Kier alpha value is -5.35. The number of carboxylic acid groups (broad SMARTS) is 1. The molecule has 1 aliphatic rings. The number of rotatable bonds is 13. The van der Waals surface area contributed by atoms with Crippen LogP contribution >= 0.6 is 11.8 Å². The molecule has 0 saturated carbocycles. The molecule has 0 amide bonds. The van der Waals surface area contributed by atoms with Crippen LogP contribution in [0.15, 0.2) is 107 Å². The molecule has 3 aromatic heterocycles. The molecule has 4 heterocycles. The van der Waals surface area contributed by atoms with Gasteiger partial charge in [0, 0.05) is 62.6 Å². The van der Waals surface area contributed by atoms with E-state index in [9.17, 15) is 4.79 Å². The van der Waals surface area contributed by atoms with Crippen LogP contribution in [0.2, 0.25) is 0 Å². The molecular weight excluding hydrogens is 649 g/mol. The molecule has 6 aromatic rings. The summed E-state index contributed by atoms with van der Waals surface area (Å²) in [5.74, 6) is 1.08. The SMILES string of the molecule is CC1Cc2c(OCc3ccc4ccccc4n3)ccc3c2c(c(CC(C)(C)C=NOCC(=O)O)n3Cc2ccc(Oc3ccccn3)cc2)S1. The number of oxime groups is 1. The van der Waals surface area contributed by atoms with E-state index in [0.29, 0.717) is 30.7 Å². The topological polar surface area (TPSA) is 108 Å². The van der Waals surface area contributed by atoms with Gasteiger partial charge in [-0.05, 0) is 60.9 Å². The van der Waals surface area contributed by atoms with E-state index in [1.807, 2.05) is 66.4 Å². The minimum Gasteiger partial charge on any atom is -0.487 e. The summed E-state index contributed by atoms with van der Waals surface area (Å²) >= 11 is 1.89. The summed E-state index contributed by atoms with van der Waals surface area (Å²) in [7, 11) is 0. The van der Waals surface area contributed by atoms with Gasteiger partial charge in [0.15, 0.2) is 0 Å². The highest BCUT2D eigenvalue weighted by molar-refractivity contribution is 8.00. The van der Waals surface area contributed by atoms with E-state index in [2.05, 4.69) is 71.9 Å². The van der Waals surface area contributed by atoms with Crippen molar-refractivity contribution in [2.75, 3.05) is 6.61 Å². The van der Waals surface area contributed by atoms with Gasteiger partial charge in [-0.15, -0.1) is 11.8 Å². The molecule has 0 fully saturated rings. The number of fused-ring (bicyclic) bond motifs is 1. The molecule has 50 heavy (non-hydrogen) atoms. The van der Waals surface area contributed by atoms with Crippen LogP contribution in [0.4, 0.5) is 0 Å². The number of nitrogens with zero attached hydrogens (tertiary/aromatic N) is 4. The number of aromatic nitrogens is 3. The zero-order valence-electron chi connectivity index (χ0n) is 28.2. The molecule has 0 radical (unpaired) electrons. The molecule has 0 saturated heterocycles. The molecular formula is C40H38N4O5S. The third kappa shape index (κ3) is 7.45. The molecule has 1 N–H and O–H groups in total. The summed E-state index contributed by atoms with van der Waals surface area (Å²) in [5.41, 5.74) is 6.08. The van der Waals surface area contributed by atoms with E-state index in [-0.39, 0.29) is 0 Å². The highest BCUT2D eigenvalue weighted by Crippen LogP contribution is 2.48. The molecule has 9 nitrogen and oxygen atoms in total. The lowest BCUT2D eigenvalue weighted by atomic mass is 9.89. The first-order valence-electron chi connectivity index (χ1n) is 16.6. The minimum atomic E-state index is -1.06. The first-order chi connectivity index (χ1) is 24.2. The maximum Gasteiger partial charge on any atom is 0.344 e. The summed E-state index contributed by atoms with van der Waals surface area (Å²) < 4.78 is 14.9. The lowest BCUT2D eigenvalue weighted by molar-refractivity contribution is -0.142. The maximum atomic E-state index is 11.0. The highest BCUT2D eigenvalue weighted by atomic mass is 32.2. The first-order valence-corrected chi connectivity index (χ1v) is 17.5. The van der Waals surface area contributed by atoms with Crippen molar-refractivity contribution < 1.29 is 24.2 Å². The van der Waals surface area contributed by atoms with Gasteiger partial charge in [0.1, 0.15) is 18.1 Å². The van der Waals surface area contributed by atoms with Crippen LogP contribution in [0, 0.1) is 5.41 Å². The fourth-order valence-corrected chi connectivity index (χ4v) is 7.64. The summed E-state index contributed by atoms with van der Waals surface area (Å²) in [6, 6.07) is 30.2. The monoisotopic (exact) mass is 686 g/mol. The fourth-order valence-electron chi connectivity index (χ4n) is 6.32. The van der Waals surface area contributed by atoms with E-state index in [4.69, 9.17) is 24.4 Å². The van der Waals surface area contributed by atoms with Crippen molar-refractivity contribution in [2.24, 2.45) is 10.6 Å².